The number of aliphatic carboxylic acids is 1. The number of carbonyl (C=O) groups is 1. The molecule has 0 fully saturated rings. The highest BCUT2D eigenvalue weighted by molar-refractivity contribution is 7.21. The average Bonchev–Trinajstić information content (AvgIpc) is 3.67. The molecule has 0 aliphatic carbocycles. The van der Waals surface area contributed by atoms with Gasteiger partial charge in [0.25, 0.3) is 0 Å². The van der Waals surface area contributed by atoms with E-state index in [0.717, 1.165) is 64.1 Å². The molecule has 0 atom stereocenters. The van der Waals surface area contributed by atoms with Gasteiger partial charge in [0.2, 0.25) is 0 Å². The van der Waals surface area contributed by atoms with E-state index >= 15 is 0 Å². The molecular formula is C36H26N2O4S2. The fourth-order valence-corrected chi connectivity index (χ4v) is 6.93. The number of thiophene rings is 2. The van der Waals surface area contributed by atoms with Crippen molar-refractivity contribution in [2.75, 3.05) is 19.1 Å². The average molecular weight is 615 g/mol. The summed E-state index contributed by atoms with van der Waals surface area (Å²) in [5, 5.41) is 20.5. The fourth-order valence-electron chi connectivity index (χ4n) is 4.93. The Morgan fingerprint density at radius 1 is 0.727 bits per heavy atom. The molecule has 6 aromatic rings. The summed E-state index contributed by atoms with van der Waals surface area (Å²) < 4.78 is 12.9. The first-order valence-electron chi connectivity index (χ1n) is 13.6. The molecule has 0 saturated heterocycles. The van der Waals surface area contributed by atoms with E-state index in [-0.39, 0.29) is 5.57 Å². The van der Waals surface area contributed by atoms with Crippen LogP contribution in [0.2, 0.25) is 0 Å². The van der Waals surface area contributed by atoms with Crippen LogP contribution in [0, 0.1) is 11.3 Å². The van der Waals surface area contributed by atoms with Crippen LogP contribution in [-0.4, -0.2) is 25.3 Å². The van der Waals surface area contributed by atoms with Gasteiger partial charge in [-0.1, -0.05) is 18.2 Å². The lowest BCUT2D eigenvalue weighted by molar-refractivity contribution is -0.132. The third kappa shape index (κ3) is 5.92. The zero-order valence-corrected chi connectivity index (χ0v) is 25.5. The van der Waals surface area contributed by atoms with Gasteiger partial charge >= 0.3 is 5.97 Å². The molecule has 216 valence electrons. The van der Waals surface area contributed by atoms with Crippen LogP contribution in [0.1, 0.15) is 15.3 Å². The van der Waals surface area contributed by atoms with Crippen LogP contribution in [-0.2, 0) is 4.79 Å². The number of nitrogens with zero attached hydrogens (tertiary/aromatic N) is 2. The van der Waals surface area contributed by atoms with Crippen molar-refractivity contribution in [3.05, 3.63) is 118 Å². The second-order valence-corrected chi connectivity index (χ2v) is 12.0. The van der Waals surface area contributed by atoms with Crippen LogP contribution < -0.4 is 14.4 Å². The van der Waals surface area contributed by atoms with Crippen LogP contribution in [0.25, 0.3) is 38.4 Å². The van der Waals surface area contributed by atoms with Crippen molar-refractivity contribution in [1.29, 1.82) is 5.26 Å². The Bertz CT molecular complexity index is 2020. The summed E-state index contributed by atoms with van der Waals surface area (Å²) in [5.41, 5.74) is 3.83. The minimum atomic E-state index is -1.22. The van der Waals surface area contributed by atoms with Crippen molar-refractivity contribution in [1.82, 2.24) is 0 Å². The smallest absolute Gasteiger partial charge is 0.346 e. The Morgan fingerprint density at radius 2 is 1.20 bits per heavy atom. The molecule has 6 nitrogen and oxygen atoms in total. The molecule has 0 unspecified atom stereocenters. The molecule has 44 heavy (non-hydrogen) atoms. The van der Waals surface area contributed by atoms with Crippen LogP contribution >= 0.6 is 22.7 Å². The number of ether oxygens (including phenoxy) is 2. The minimum absolute atomic E-state index is 0.274. The van der Waals surface area contributed by atoms with Crippen LogP contribution in [0.3, 0.4) is 0 Å². The largest absolute Gasteiger partial charge is 0.497 e. The van der Waals surface area contributed by atoms with E-state index < -0.39 is 5.97 Å². The number of carboxylic acid groups (broad SMARTS) is 1. The van der Waals surface area contributed by atoms with Gasteiger partial charge in [0, 0.05) is 47.0 Å². The third-order valence-corrected chi connectivity index (χ3v) is 9.24. The highest BCUT2D eigenvalue weighted by Crippen LogP contribution is 2.38. The molecule has 4 aromatic carbocycles. The van der Waals surface area contributed by atoms with Gasteiger partial charge in [-0.15, -0.1) is 22.7 Å². The minimum Gasteiger partial charge on any atom is -0.497 e. The Kier molecular flexibility index (Phi) is 8.15. The Morgan fingerprint density at radius 3 is 1.68 bits per heavy atom. The maximum Gasteiger partial charge on any atom is 0.346 e. The standard InChI is InChI=1S/C36H26N2O4S2/c1-41-28-12-8-26(9-13-28)38(27-10-14-29(42-2)15-11-27)25-6-3-23(4-7-25)5-16-30-20-32-33-21-31(19-24(22-37)36(39)40)44-35(33)18-17-34(32)43-30/h3-21H,1-2H3,(H,39,40)/b16-5+,24-19+. The summed E-state index contributed by atoms with van der Waals surface area (Å²) in [6, 6.07) is 34.4. The van der Waals surface area contributed by atoms with Crippen LogP contribution in [0.5, 0.6) is 11.5 Å². The van der Waals surface area contributed by atoms with Crippen molar-refractivity contribution in [2.24, 2.45) is 0 Å². The summed E-state index contributed by atoms with van der Waals surface area (Å²) in [5.74, 6) is 0.377. The molecule has 0 radical (unpaired) electrons. The van der Waals surface area contributed by atoms with E-state index in [1.807, 2.05) is 60.7 Å². The van der Waals surface area contributed by atoms with E-state index in [0.29, 0.717) is 0 Å². The number of nitriles is 1. The Hall–Kier alpha value is -5.36. The first-order valence-corrected chi connectivity index (χ1v) is 15.3. The van der Waals surface area contributed by atoms with Crippen LogP contribution in [0.15, 0.2) is 103 Å². The molecule has 0 spiro atoms. The van der Waals surface area contributed by atoms with Crippen molar-refractivity contribution in [3.63, 3.8) is 0 Å². The second kappa shape index (κ2) is 12.5. The normalized spacial score (nSPS) is 11.6. The van der Waals surface area contributed by atoms with Gasteiger partial charge in [0.15, 0.2) is 0 Å². The van der Waals surface area contributed by atoms with E-state index in [9.17, 15) is 9.90 Å². The topological polar surface area (TPSA) is 82.8 Å². The highest BCUT2D eigenvalue weighted by atomic mass is 32.1. The summed E-state index contributed by atoms with van der Waals surface area (Å²) in [6.45, 7) is 0. The molecule has 2 heterocycles. The number of benzene rings is 4. The zero-order valence-electron chi connectivity index (χ0n) is 23.9. The molecule has 6 rings (SSSR count). The second-order valence-electron chi connectivity index (χ2n) is 9.82. The quantitative estimate of drug-likeness (QED) is 0.129. The van der Waals surface area contributed by atoms with E-state index in [2.05, 4.69) is 53.5 Å². The first kappa shape index (κ1) is 28.7. The zero-order chi connectivity index (χ0) is 30.6. The number of methoxy groups -OCH3 is 2. The molecule has 0 bridgehead atoms. The Labute approximate surface area is 262 Å². The first-order chi connectivity index (χ1) is 21.4. The van der Waals surface area contributed by atoms with E-state index in [1.165, 1.54) is 17.4 Å². The highest BCUT2D eigenvalue weighted by Gasteiger charge is 2.14. The number of hydrogen-bond acceptors (Lipinski definition) is 7. The van der Waals surface area contributed by atoms with Crippen molar-refractivity contribution >= 4 is 84.1 Å². The molecule has 0 aliphatic heterocycles. The van der Waals surface area contributed by atoms with E-state index in [1.54, 1.807) is 31.6 Å². The lowest BCUT2D eigenvalue weighted by Crippen LogP contribution is -2.09. The molecule has 2 aromatic heterocycles. The fraction of sp³-hybridized carbons (Fsp3) is 0.0556. The van der Waals surface area contributed by atoms with Gasteiger partial charge in [0.1, 0.15) is 23.1 Å². The monoisotopic (exact) mass is 614 g/mol. The number of rotatable bonds is 9. The lowest BCUT2D eigenvalue weighted by Gasteiger charge is -2.26. The van der Waals surface area contributed by atoms with Crippen molar-refractivity contribution in [3.8, 4) is 17.6 Å². The third-order valence-electron chi connectivity index (χ3n) is 7.13. The van der Waals surface area contributed by atoms with Crippen molar-refractivity contribution in [2.45, 2.75) is 0 Å². The molecule has 0 aliphatic rings. The Balaban J connectivity index is 1.28. The number of anilines is 3. The predicted octanol–water partition coefficient (Wildman–Crippen LogP) is 9.76. The van der Waals surface area contributed by atoms with Crippen LogP contribution in [0.4, 0.5) is 17.1 Å². The van der Waals surface area contributed by atoms with Gasteiger partial charge < -0.3 is 19.5 Å². The summed E-state index contributed by atoms with van der Waals surface area (Å²) in [4.78, 5) is 15.3. The lowest BCUT2D eigenvalue weighted by atomic mass is 10.1. The molecule has 1 N–H and O–H groups in total. The molecule has 0 saturated carbocycles. The summed E-state index contributed by atoms with van der Waals surface area (Å²) in [7, 11) is 3.32. The van der Waals surface area contributed by atoms with Gasteiger partial charge in [-0.05, 0) is 103 Å². The van der Waals surface area contributed by atoms with Gasteiger partial charge in [-0.25, -0.2) is 4.79 Å². The van der Waals surface area contributed by atoms with Gasteiger partial charge in [0.05, 0.1) is 14.2 Å². The SMILES string of the molecule is COc1ccc(N(c2ccc(/C=C/c3cc4c(ccc5sc(/C=C(\C#N)C(=O)O)cc54)s3)cc2)c2ccc(OC)cc2)cc1. The van der Waals surface area contributed by atoms with Gasteiger partial charge in [-0.2, -0.15) is 5.26 Å². The predicted molar refractivity (Wildman–Crippen MR) is 182 cm³/mol. The summed E-state index contributed by atoms with van der Waals surface area (Å²) in [6.07, 6.45) is 5.65. The molecule has 0 amide bonds. The number of fused-ring (bicyclic) bond motifs is 3. The number of carboxylic acids is 1. The molecule has 8 heteroatoms. The maximum absolute atomic E-state index is 11.3. The van der Waals surface area contributed by atoms with E-state index in [4.69, 9.17) is 14.7 Å². The molecular weight excluding hydrogens is 589 g/mol. The maximum atomic E-state index is 11.3. The van der Waals surface area contributed by atoms with Gasteiger partial charge in [-0.3, -0.25) is 0 Å². The van der Waals surface area contributed by atoms with Crippen molar-refractivity contribution < 1.29 is 19.4 Å². The number of hydrogen-bond donors (Lipinski definition) is 1. The summed E-state index contributed by atoms with van der Waals surface area (Å²) >= 11 is 3.18.